The summed E-state index contributed by atoms with van der Waals surface area (Å²) in [5.74, 6) is -1.67. The Morgan fingerprint density at radius 3 is 1.97 bits per heavy atom. The second-order valence-corrected chi connectivity index (χ2v) is 20.8. The fraction of sp³-hybridized carbons (Fsp3) is 0.191. The van der Waals surface area contributed by atoms with Gasteiger partial charge in [-0.15, -0.1) is 8.67 Å². The number of aryl methyl sites for hydroxylation is 1. The Hall–Kier alpha value is -6.77. The lowest BCUT2D eigenvalue weighted by atomic mass is 9.79. The topological polar surface area (TPSA) is 283 Å². The lowest BCUT2D eigenvalue weighted by Crippen LogP contribution is -2.29. The molecule has 0 fully saturated rings. The molecule has 0 saturated carbocycles. The fourth-order valence-corrected chi connectivity index (χ4v) is 9.87. The summed E-state index contributed by atoms with van der Waals surface area (Å²) in [6.45, 7) is 12.2. The molecular weight excluding hydrogens is 967 g/mol. The van der Waals surface area contributed by atoms with Crippen molar-refractivity contribution in [3.63, 3.8) is 0 Å². The Balaban J connectivity index is 1.29. The predicted octanol–water partition coefficient (Wildman–Crippen LogP) is 9.80. The van der Waals surface area contributed by atoms with Gasteiger partial charge in [0.1, 0.15) is 4.90 Å². The molecule has 0 unspecified atom stereocenters. The molecule has 0 spiro atoms. The van der Waals surface area contributed by atoms with E-state index in [-0.39, 0.29) is 83.4 Å². The van der Waals surface area contributed by atoms with Gasteiger partial charge in [-0.25, -0.2) is 10.5 Å². The normalized spacial score (nSPS) is 12.5. The van der Waals surface area contributed by atoms with Gasteiger partial charge in [-0.2, -0.15) is 23.4 Å². The summed E-state index contributed by atoms with van der Waals surface area (Å²) in [5.41, 5.74) is 1.62. The van der Waals surface area contributed by atoms with Gasteiger partial charge in [0.2, 0.25) is 11.9 Å². The summed E-state index contributed by atoms with van der Waals surface area (Å²) in [6.07, 6.45) is 0. The first-order valence-electron chi connectivity index (χ1n) is 20.9. The van der Waals surface area contributed by atoms with Crippen LogP contribution in [0.2, 0.25) is 0 Å². The quantitative estimate of drug-likeness (QED) is 0.0165. The van der Waals surface area contributed by atoms with Crippen LogP contribution >= 0.6 is 24.1 Å². The van der Waals surface area contributed by atoms with E-state index in [1.807, 2.05) is 59.7 Å². The number of pyridine rings is 1. The van der Waals surface area contributed by atoms with Crippen molar-refractivity contribution in [2.24, 2.45) is 7.05 Å². The maximum atomic E-state index is 14.8. The Morgan fingerprint density at radius 1 is 0.700 bits per heavy atom. The number of rotatable bonds is 15. The highest BCUT2D eigenvalue weighted by Gasteiger charge is 2.35. The van der Waals surface area contributed by atoms with Crippen LogP contribution in [-0.4, -0.2) is 59.7 Å². The third-order valence-electron chi connectivity index (χ3n) is 11.3. The first-order valence-corrected chi connectivity index (χ1v) is 23.9. The molecule has 0 amide bonds. The van der Waals surface area contributed by atoms with Gasteiger partial charge in [-0.3, -0.25) is 18.9 Å². The molecule has 1 aliphatic carbocycles. The second-order valence-electron chi connectivity index (χ2n) is 17.9. The van der Waals surface area contributed by atoms with Gasteiger partial charge >= 0.3 is 6.01 Å². The fourth-order valence-electron chi connectivity index (χ4n) is 8.26. The molecule has 7 aromatic rings. The van der Waals surface area contributed by atoms with Gasteiger partial charge in [-0.1, -0.05) is 106 Å². The molecule has 0 atom stereocenters. The van der Waals surface area contributed by atoms with Crippen LogP contribution in [-0.2, 0) is 46.7 Å². The minimum Gasteiger partial charge on any atom is -0.479 e. The molecule has 70 heavy (non-hydrogen) atoms. The third kappa shape index (κ3) is 9.71. The summed E-state index contributed by atoms with van der Waals surface area (Å²) in [4.78, 5) is 55.7. The van der Waals surface area contributed by atoms with Crippen LogP contribution in [0.3, 0.4) is 0 Å². The van der Waals surface area contributed by atoms with Crippen molar-refractivity contribution in [2.45, 2.75) is 67.1 Å². The number of benzene rings is 5. The average Bonchev–Trinajstić information content (AvgIpc) is 3.29. The summed E-state index contributed by atoms with van der Waals surface area (Å²) in [7, 11) is -3.63. The molecule has 0 bridgehead atoms. The number of hydrogen-bond acceptors (Lipinski definition) is 20. The largest absolute Gasteiger partial charge is 0.479 e. The number of nitrogens with one attached hydrogen (secondary N) is 3. The average molecular weight is 1010 g/mol. The monoisotopic (exact) mass is 1010 g/mol. The predicted molar refractivity (Wildman–Crippen MR) is 261 cm³/mol. The van der Waals surface area contributed by atoms with E-state index in [4.69, 9.17) is 9.59 Å². The van der Waals surface area contributed by atoms with Crippen molar-refractivity contribution < 1.29 is 56.9 Å². The van der Waals surface area contributed by atoms with E-state index in [2.05, 4.69) is 45.3 Å². The van der Waals surface area contributed by atoms with Crippen molar-refractivity contribution in [1.82, 2.24) is 19.5 Å². The van der Waals surface area contributed by atoms with Crippen molar-refractivity contribution in [3.8, 4) is 17.1 Å². The second kappa shape index (κ2) is 19.2. The molecule has 2 aromatic heterocycles. The first-order chi connectivity index (χ1) is 33.1. The summed E-state index contributed by atoms with van der Waals surface area (Å²) < 4.78 is 47.2. The number of aromatic hydroxyl groups is 1. The molecular formula is C47H43N7O13S3. The van der Waals surface area contributed by atoms with Crippen molar-refractivity contribution >= 4 is 91.3 Å². The number of aromatic nitrogens is 4. The van der Waals surface area contributed by atoms with E-state index in [0.29, 0.717) is 40.2 Å². The number of nitrogens with zero attached hydrogens (tertiary/aromatic N) is 4. The van der Waals surface area contributed by atoms with Crippen LogP contribution < -0.4 is 21.5 Å². The molecule has 0 radical (unpaired) electrons. The Kier molecular flexibility index (Phi) is 13.6. The zero-order chi connectivity index (χ0) is 50.4. The summed E-state index contributed by atoms with van der Waals surface area (Å²) in [5, 5.41) is 45.6. The molecule has 2 heterocycles. The Morgan fingerprint density at radius 2 is 1.33 bits per heavy atom. The standard InChI is InChI=1S/C47H43N7O13S3/c1-46(2,3)27-16-11-17-28(47(4,5)6)39(27)50-44-51-43(52-45(58)53-44)49-31-21-30(33(69-67-65-60)22-34(31)70(61,62)63)48-29-18-19-32-37-35(25-14-8-9-15-26(25)41(56)36(29)37)38(42(57)54(32)7)40(55)23-12-10-13-24(20-23)68-66-64-59/h8-22,48,59-60H,1-7H3,(H,61,62,63)(H3,49,50,51,52,53,58). The highest BCUT2D eigenvalue weighted by Crippen LogP contribution is 2.46. The Bertz CT molecular complexity index is 3410. The molecule has 0 aliphatic heterocycles. The highest BCUT2D eigenvalue weighted by atomic mass is 32.2. The van der Waals surface area contributed by atoms with Crippen LogP contribution in [0.15, 0.2) is 110 Å². The van der Waals surface area contributed by atoms with Gasteiger partial charge in [0, 0.05) is 39.7 Å². The van der Waals surface area contributed by atoms with Gasteiger partial charge in [0.25, 0.3) is 15.7 Å². The van der Waals surface area contributed by atoms with E-state index < -0.39 is 38.1 Å². The molecule has 23 heteroatoms. The lowest BCUT2D eigenvalue weighted by Gasteiger charge is -2.30. The van der Waals surface area contributed by atoms with Crippen molar-refractivity contribution in [1.29, 1.82) is 0 Å². The van der Waals surface area contributed by atoms with E-state index in [9.17, 15) is 37.7 Å². The van der Waals surface area contributed by atoms with E-state index in [0.717, 1.165) is 17.2 Å². The molecule has 7 N–H and O–H groups in total. The third-order valence-corrected chi connectivity index (χ3v) is 13.4. The van der Waals surface area contributed by atoms with E-state index in [1.54, 1.807) is 42.5 Å². The zero-order valence-corrected chi connectivity index (χ0v) is 40.6. The van der Waals surface area contributed by atoms with Crippen LogP contribution in [0.25, 0.3) is 22.0 Å². The molecule has 362 valence electrons. The number of fused-ring (bicyclic) bond motifs is 2. The molecule has 20 nitrogen and oxygen atoms in total. The SMILES string of the molecule is Cn1c(=O)c(C(=O)c2cccc(SOOO)c2)c2c3c(c(Nc4cc(Nc5nc(O)nc(Nc6c(C(C)(C)C)cccc6C(C)(C)C)n5)c(S(=O)(=O)O)cc4SOOO)ccc31)C(=O)c1ccccc1-2. The smallest absolute Gasteiger partial charge is 0.320 e. The summed E-state index contributed by atoms with van der Waals surface area (Å²) >= 11 is 0.942. The molecule has 0 saturated heterocycles. The summed E-state index contributed by atoms with van der Waals surface area (Å²) in [6, 6.07) is 22.9. The minimum atomic E-state index is -5.09. The zero-order valence-electron chi connectivity index (χ0n) is 38.1. The molecule has 1 aliphatic rings. The van der Waals surface area contributed by atoms with Gasteiger partial charge in [-0.05, 0) is 63.9 Å². The van der Waals surface area contributed by atoms with Gasteiger partial charge < -0.3 is 25.6 Å². The van der Waals surface area contributed by atoms with Crippen LogP contribution in [0.4, 0.5) is 34.6 Å². The number of anilines is 6. The van der Waals surface area contributed by atoms with Crippen LogP contribution in [0, 0.1) is 0 Å². The lowest BCUT2D eigenvalue weighted by molar-refractivity contribution is -0.432. The van der Waals surface area contributed by atoms with E-state index >= 15 is 0 Å². The van der Waals surface area contributed by atoms with Gasteiger partial charge in [0.15, 0.2) is 11.6 Å². The number of carbonyl (C=O) groups is 2. The number of carbonyl (C=O) groups excluding carboxylic acids is 2. The van der Waals surface area contributed by atoms with Crippen molar-refractivity contribution in [2.75, 3.05) is 16.0 Å². The highest BCUT2D eigenvalue weighted by molar-refractivity contribution is 7.95. The Labute approximate surface area is 407 Å². The first kappa shape index (κ1) is 49.6. The maximum Gasteiger partial charge on any atom is 0.320 e. The number of ketones is 2. The number of para-hydroxylation sites is 1. The molecule has 8 rings (SSSR count). The van der Waals surface area contributed by atoms with Gasteiger partial charge in [0.05, 0.1) is 62.7 Å². The maximum absolute atomic E-state index is 14.8. The number of hydrogen-bond donors (Lipinski definition) is 7. The minimum absolute atomic E-state index is 0.0144. The van der Waals surface area contributed by atoms with Crippen LogP contribution in [0.1, 0.15) is 84.5 Å². The van der Waals surface area contributed by atoms with Crippen molar-refractivity contribution in [3.05, 3.63) is 135 Å². The van der Waals surface area contributed by atoms with E-state index in [1.165, 1.54) is 35.9 Å². The molecule has 5 aromatic carbocycles. The van der Waals surface area contributed by atoms with Crippen LogP contribution in [0.5, 0.6) is 6.01 Å².